The van der Waals surface area contributed by atoms with Gasteiger partial charge in [0.05, 0.1) is 11.4 Å². The van der Waals surface area contributed by atoms with Crippen LogP contribution in [0.2, 0.25) is 0 Å². The Morgan fingerprint density at radius 2 is 2.15 bits per heavy atom. The minimum atomic E-state index is -3.24. The van der Waals surface area contributed by atoms with Gasteiger partial charge >= 0.3 is 0 Å². The summed E-state index contributed by atoms with van der Waals surface area (Å²) in [4.78, 5) is 0. The molecule has 0 radical (unpaired) electrons. The first-order chi connectivity index (χ1) is 9.47. The minimum Gasteiger partial charge on any atom is -0.387 e. The lowest BCUT2D eigenvalue weighted by Gasteiger charge is -2.12. The molecular weight excluding hydrogens is 276 g/mol. The maximum Gasteiger partial charge on any atom is 0.214 e. The summed E-state index contributed by atoms with van der Waals surface area (Å²) in [6, 6.07) is 7.63. The highest BCUT2D eigenvalue weighted by Crippen LogP contribution is 2.28. The molecule has 1 aliphatic rings. The Morgan fingerprint density at radius 1 is 1.40 bits per heavy atom. The van der Waals surface area contributed by atoms with Gasteiger partial charge in [-0.15, -0.1) is 0 Å². The first kappa shape index (κ1) is 13.6. The van der Waals surface area contributed by atoms with Gasteiger partial charge in [0.15, 0.2) is 0 Å². The number of rotatable bonds is 5. The Balaban J connectivity index is 1.73. The van der Waals surface area contributed by atoms with Gasteiger partial charge in [-0.25, -0.2) is 13.1 Å². The summed E-state index contributed by atoms with van der Waals surface area (Å²) in [5.41, 5.74) is 1.81. The molecule has 2 aromatic rings. The fourth-order valence-electron chi connectivity index (χ4n) is 2.32. The molecule has 1 aliphatic carbocycles. The molecule has 2 N–H and O–H groups in total. The summed E-state index contributed by atoms with van der Waals surface area (Å²) < 4.78 is 27.9. The third-order valence-electron chi connectivity index (χ3n) is 3.74. The number of aromatic nitrogens is 1. The van der Waals surface area contributed by atoms with Gasteiger partial charge in [0.25, 0.3) is 0 Å². The Kier molecular flexibility index (Phi) is 3.32. The number of benzene rings is 1. The number of fused-ring (bicyclic) bond motifs is 1. The van der Waals surface area contributed by atoms with Gasteiger partial charge in [-0.2, -0.15) is 0 Å². The fourth-order valence-corrected chi connectivity index (χ4v) is 3.70. The van der Waals surface area contributed by atoms with Crippen LogP contribution < -0.4 is 4.72 Å². The molecule has 20 heavy (non-hydrogen) atoms. The van der Waals surface area contributed by atoms with E-state index in [1.165, 1.54) is 0 Å². The van der Waals surface area contributed by atoms with Crippen LogP contribution in [0.15, 0.2) is 30.5 Å². The number of aliphatic hydroxyl groups is 1. The van der Waals surface area contributed by atoms with Crippen LogP contribution in [-0.4, -0.2) is 29.9 Å². The van der Waals surface area contributed by atoms with Crippen molar-refractivity contribution < 1.29 is 13.5 Å². The second kappa shape index (κ2) is 4.87. The second-order valence-electron chi connectivity index (χ2n) is 5.35. The van der Waals surface area contributed by atoms with Crippen molar-refractivity contribution >= 4 is 20.9 Å². The SMILES string of the molecule is Cn1ccc2cc([C@@H](O)CNS(=O)(=O)C3CC3)ccc21. The number of sulfonamides is 1. The first-order valence-electron chi connectivity index (χ1n) is 6.69. The molecule has 6 heteroatoms. The van der Waals surface area contributed by atoms with Crippen molar-refractivity contribution in [1.29, 1.82) is 0 Å². The molecule has 5 nitrogen and oxygen atoms in total. The van der Waals surface area contributed by atoms with Crippen LogP contribution in [-0.2, 0) is 17.1 Å². The lowest BCUT2D eigenvalue weighted by molar-refractivity contribution is 0.182. The second-order valence-corrected chi connectivity index (χ2v) is 7.40. The van der Waals surface area contributed by atoms with Gasteiger partial charge < -0.3 is 9.67 Å². The molecule has 0 aliphatic heterocycles. The summed E-state index contributed by atoms with van der Waals surface area (Å²) in [5.74, 6) is 0. The van der Waals surface area contributed by atoms with E-state index in [1.807, 2.05) is 42.1 Å². The van der Waals surface area contributed by atoms with Gasteiger partial charge in [0.1, 0.15) is 0 Å². The van der Waals surface area contributed by atoms with E-state index >= 15 is 0 Å². The topological polar surface area (TPSA) is 71.3 Å². The van der Waals surface area contributed by atoms with Crippen LogP contribution in [0.1, 0.15) is 24.5 Å². The van der Waals surface area contributed by atoms with E-state index < -0.39 is 16.1 Å². The van der Waals surface area contributed by atoms with Crippen LogP contribution in [0.25, 0.3) is 10.9 Å². The fraction of sp³-hybridized carbons (Fsp3) is 0.429. The lowest BCUT2D eigenvalue weighted by Crippen LogP contribution is -2.31. The van der Waals surface area contributed by atoms with E-state index in [4.69, 9.17) is 0 Å². The normalized spacial score (nSPS) is 17.5. The van der Waals surface area contributed by atoms with E-state index in [0.29, 0.717) is 0 Å². The minimum absolute atomic E-state index is 0.0250. The molecule has 1 aromatic heterocycles. The molecule has 0 saturated heterocycles. The molecule has 108 valence electrons. The van der Waals surface area contributed by atoms with Gasteiger partial charge in [-0.1, -0.05) is 6.07 Å². The molecular formula is C14H18N2O3S. The molecule has 0 unspecified atom stereocenters. The Morgan fingerprint density at radius 3 is 2.85 bits per heavy atom. The van der Waals surface area contributed by atoms with Gasteiger partial charge in [0.2, 0.25) is 10.0 Å². The Bertz CT molecular complexity index is 732. The predicted octanol–water partition coefficient (Wildman–Crippen LogP) is 1.29. The molecule has 0 spiro atoms. The number of nitrogens with one attached hydrogen (secondary N) is 1. The summed E-state index contributed by atoms with van der Waals surface area (Å²) in [5, 5.41) is 10.9. The van der Waals surface area contributed by atoms with Crippen molar-refractivity contribution in [2.45, 2.75) is 24.2 Å². The van der Waals surface area contributed by atoms with E-state index in [1.54, 1.807) is 0 Å². The highest BCUT2D eigenvalue weighted by Gasteiger charge is 2.35. The van der Waals surface area contributed by atoms with Crippen LogP contribution in [0.3, 0.4) is 0 Å². The van der Waals surface area contributed by atoms with E-state index in [0.717, 1.165) is 29.3 Å². The summed E-state index contributed by atoms with van der Waals surface area (Å²) >= 11 is 0. The summed E-state index contributed by atoms with van der Waals surface area (Å²) in [7, 11) is -1.28. The zero-order valence-electron chi connectivity index (χ0n) is 11.3. The number of nitrogens with zero attached hydrogens (tertiary/aromatic N) is 1. The third kappa shape index (κ3) is 2.59. The van der Waals surface area contributed by atoms with Crippen molar-refractivity contribution in [2.75, 3.05) is 6.54 Å². The zero-order valence-corrected chi connectivity index (χ0v) is 12.1. The summed E-state index contributed by atoms with van der Waals surface area (Å²) in [6.45, 7) is 0.0250. The monoisotopic (exact) mass is 294 g/mol. The van der Waals surface area contributed by atoms with Crippen molar-refractivity contribution in [3.05, 3.63) is 36.0 Å². The van der Waals surface area contributed by atoms with E-state index in [9.17, 15) is 13.5 Å². The van der Waals surface area contributed by atoms with Gasteiger partial charge in [-0.3, -0.25) is 0 Å². The molecule has 1 fully saturated rings. The third-order valence-corrected chi connectivity index (χ3v) is 5.65. The standard InChI is InChI=1S/C14H18N2O3S/c1-16-7-6-10-8-11(2-5-13(10)16)14(17)9-15-20(18,19)12-3-4-12/h2,5-8,12,14-15,17H,3-4,9H2,1H3/t14-/m0/s1. The number of hydrogen-bond donors (Lipinski definition) is 2. The van der Waals surface area contributed by atoms with E-state index in [-0.39, 0.29) is 11.8 Å². The molecule has 1 atom stereocenters. The number of aryl methyl sites for hydroxylation is 1. The number of hydrogen-bond acceptors (Lipinski definition) is 3. The Hall–Kier alpha value is -1.37. The van der Waals surface area contributed by atoms with Crippen LogP contribution in [0.4, 0.5) is 0 Å². The van der Waals surface area contributed by atoms with Gasteiger partial charge in [0, 0.05) is 25.3 Å². The summed E-state index contributed by atoms with van der Waals surface area (Å²) in [6.07, 6.45) is 2.58. The van der Waals surface area contributed by atoms with Crippen molar-refractivity contribution in [2.24, 2.45) is 7.05 Å². The maximum atomic E-state index is 11.7. The van der Waals surface area contributed by atoms with Gasteiger partial charge in [-0.05, 0) is 42.0 Å². The quantitative estimate of drug-likeness (QED) is 0.873. The van der Waals surface area contributed by atoms with Crippen molar-refractivity contribution in [3.63, 3.8) is 0 Å². The average Bonchev–Trinajstić information content (AvgIpc) is 3.22. The highest BCUT2D eigenvalue weighted by molar-refractivity contribution is 7.90. The molecule has 1 aromatic carbocycles. The molecule has 1 heterocycles. The van der Waals surface area contributed by atoms with Crippen molar-refractivity contribution in [1.82, 2.24) is 9.29 Å². The number of aliphatic hydroxyl groups excluding tert-OH is 1. The van der Waals surface area contributed by atoms with E-state index in [2.05, 4.69) is 4.72 Å². The predicted molar refractivity (Wildman–Crippen MR) is 77.8 cm³/mol. The zero-order chi connectivity index (χ0) is 14.3. The molecule has 0 bridgehead atoms. The van der Waals surface area contributed by atoms with Crippen LogP contribution >= 0.6 is 0 Å². The molecule has 1 saturated carbocycles. The molecule has 3 rings (SSSR count). The smallest absolute Gasteiger partial charge is 0.214 e. The van der Waals surface area contributed by atoms with Crippen LogP contribution in [0.5, 0.6) is 0 Å². The highest BCUT2D eigenvalue weighted by atomic mass is 32.2. The lowest BCUT2D eigenvalue weighted by atomic mass is 10.1. The largest absolute Gasteiger partial charge is 0.387 e. The van der Waals surface area contributed by atoms with Crippen molar-refractivity contribution in [3.8, 4) is 0 Å². The van der Waals surface area contributed by atoms with Crippen LogP contribution in [0, 0.1) is 0 Å². The first-order valence-corrected chi connectivity index (χ1v) is 8.23. The maximum absolute atomic E-state index is 11.7. The molecule has 0 amide bonds. The Labute approximate surface area is 118 Å². The average molecular weight is 294 g/mol.